The second kappa shape index (κ2) is 4.98. The van der Waals surface area contributed by atoms with Gasteiger partial charge in [0.1, 0.15) is 6.04 Å². The van der Waals surface area contributed by atoms with E-state index in [1.807, 2.05) is 12.1 Å². The fourth-order valence-corrected chi connectivity index (χ4v) is 1.89. The first kappa shape index (κ1) is 11.6. The minimum Gasteiger partial charge on any atom is -0.480 e. The molecule has 0 saturated heterocycles. The van der Waals surface area contributed by atoms with Crippen LogP contribution in [-0.4, -0.2) is 17.1 Å². The Morgan fingerprint density at radius 2 is 2.24 bits per heavy atom. The minimum absolute atomic E-state index is 0.252. The smallest absolute Gasteiger partial charge is 0.320 e. The van der Waals surface area contributed by atoms with Gasteiger partial charge in [0.25, 0.3) is 0 Å². The lowest BCUT2D eigenvalue weighted by Crippen LogP contribution is -2.38. The van der Waals surface area contributed by atoms with Crippen LogP contribution in [-0.2, 0) is 11.3 Å². The van der Waals surface area contributed by atoms with E-state index < -0.39 is 12.0 Å². The van der Waals surface area contributed by atoms with Gasteiger partial charge in [0.2, 0.25) is 0 Å². The Bertz CT molecular complexity index is 461. The number of carboxylic acid groups (broad SMARTS) is 1. The largest absolute Gasteiger partial charge is 0.480 e. The van der Waals surface area contributed by atoms with Gasteiger partial charge in [-0.05, 0) is 30.4 Å². The van der Waals surface area contributed by atoms with Gasteiger partial charge >= 0.3 is 5.97 Å². The highest BCUT2D eigenvalue weighted by Gasteiger charge is 2.35. The van der Waals surface area contributed by atoms with Gasteiger partial charge in [0.15, 0.2) is 0 Å². The average molecular weight is 230 g/mol. The molecule has 0 spiro atoms. The van der Waals surface area contributed by atoms with Gasteiger partial charge in [0.05, 0.1) is 11.6 Å². The van der Waals surface area contributed by atoms with E-state index >= 15 is 0 Å². The van der Waals surface area contributed by atoms with Crippen LogP contribution < -0.4 is 5.32 Å². The Kier molecular flexibility index (Phi) is 3.40. The van der Waals surface area contributed by atoms with Crippen molar-refractivity contribution in [3.05, 3.63) is 35.4 Å². The standard InChI is InChI=1S/C13H14N2O2/c14-7-10-3-1-2-4-11(10)8-15-12(13(16)17)9-5-6-9/h1-4,9,12,15H,5-6,8H2,(H,16,17). The first-order chi connectivity index (χ1) is 8.22. The minimum atomic E-state index is -0.804. The van der Waals surface area contributed by atoms with E-state index in [2.05, 4.69) is 11.4 Å². The third kappa shape index (κ3) is 2.83. The number of hydrogen-bond acceptors (Lipinski definition) is 3. The highest BCUT2D eigenvalue weighted by atomic mass is 16.4. The molecule has 1 aromatic carbocycles. The SMILES string of the molecule is N#Cc1ccccc1CNC(C(=O)O)C1CC1. The van der Waals surface area contributed by atoms with Crippen LogP contribution in [0.25, 0.3) is 0 Å². The van der Waals surface area contributed by atoms with Crippen LogP contribution in [0.3, 0.4) is 0 Å². The summed E-state index contributed by atoms with van der Waals surface area (Å²) in [6.07, 6.45) is 1.95. The molecule has 4 nitrogen and oxygen atoms in total. The summed E-state index contributed by atoms with van der Waals surface area (Å²) in [6.45, 7) is 0.428. The van der Waals surface area contributed by atoms with Crippen LogP contribution in [0.15, 0.2) is 24.3 Å². The van der Waals surface area contributed by atoms with Gasteiger partial charge in [-0.2, -0.15) is 5.26 Å². The molecule has 2 N–H and O–H groups in total. The van der Waals surface area contributed by atoms with Crippen LogP contribution >= 0.6 is 0 Å². The van der Waals surface area contributed by atoms with Gasteiger partial charge in [-0.1, -0.05) is 18.2 Å². The zero-order valence-electron chi connectivity index (χ0n) is 9.39. The summed E-state index contributed by atoms with van der Waals surface area (Å²) in [7, 11) is 0. The maximum Gasteiger partial charge on any atom is 0.320 e. The topological polar surface area (TPSA) is 73.1 Å². The molecule has 0 radical (unpaired) electrons. The fraction of sp³-hybridized carbons (Fsp3) is 0.385. The van der Waals surface area contributed by atoms with Crippen molar-refractivity contribution in [3.8, 4) is 6.07 Å². The molecule has 2 rings (SSSR count). The molecule has 0 bridgehead atoms. The third-order valence-electron chi connectivity index (χ3n) is 3.01. The van der Waals surface area contributed by atoms with Crippen molar-refractivity contribution in [2.45, 2.75) is 25.4 Å². The summed E-state index contributed by atoms with van der Waals surface area (Å²) in [4.78, 5) is 11.0. The number of nitrogens with one attached hydrogen (secondary N) is 1. The molecule has 88 valence electrons. The lowest BCUT2D eigenvalue weighted by atomic mass is 10.1. The molecule has 1 aromatic rings. The second-order valence-electron chi connectivity index (χ2n) is 4.30. The molecule has 1 fully saturated rings. The first-order valence-electron chi connectivity index (χ1n) is 5.66. The maximum absolute atomic E-state index is 11.0. The van der Waals surface area contributed by atoms with Gasteiger partial charge in [-0.3, -0.25) is 4.79 Å². The maximum atomic E-state index is 11.0. The predicted octanol–water partition coefficient (Wildman–Crippen LogP) is 1.51. The van der Waals surface area contributed by atoms with E-state index in [-0.39, 0.29) is 5.92 Å². The highest BCUT2D eigenvalue weighted by Crippen LogP contribution is 2.32. The third-order valence-corrected chi connectivity index (χ3v) is 3.01. The van der Waals surface area contributed by atoms with Crippen molar-refractivity contribution in [1.82, 2.24) is 5.32 Å². The van der Waals surface area contributed by atoms with Crippen LogP contribution in [0.1, 0.15) is 24.0 Å². The van der Waals surface area contributed by atoms with E-state index in [9.17, 15) is 4.79 Å². The molecule has 1 aliphatic carbocycles. The number of carbonyl (C=O) groups is 1. The lowest BCUT2D eigenvalue weighted by Gasteiger charge is -2.13. The van der Waals surface area contributed by atoms with E-state index in [4.69, 9.17) is 10.4 Å². The van der Waals surface area contributed by atoms with E-state index in [0.29, 0.717) is 12.1 Å². The zero-order chi connectivity index (χ0) is 12.3. The molecule has 1 aliphatic rings. The lowest BCUT2D eigenvalue weighted by molar-refractivity contribution is -0.140. The quantitative estimate of drug-likeness (QED) is 0.804. The Labute approximate surface area is 99.9 Å². The molecular weight excluding hydrogens is 216 g/mol. The van der Waals surface area contributed by atoms with Crippen molar-refractivity contribution in [1.29, 1.82) is 5.26 Å². The van der Waals surface area contributed by atoms with Crippen molar-refractivity contribution in [3.63, 3.8) is 0 Å². The molecule has 1 unspecified atom stereocenters. The molecule has 0 aliphatic heterocycles. The van der Waals surface area contributed by atoms with E-state index in [1.54, 1.807) is 12.1 Å². The van der Waals surface area contributed by atoms with Gasteiger partial charge in [-0.25, -0.2) is 0 Å². The summed E-state index contributed by atoms with van der Waals surface area (Å²) in [6, 6.07) is 8.86. The summed E-state index contributed by atoms with van der Waals surface area (Å²) in [5.74, 6) is -0.552. The molecule has 17 heavy (non-hydrogen) atoms. The molecule has 0 amide bonds. The second-order valence-corrected chi connectivity index (χ2v) is 4.30. The van der Waals surface area contributed by atoms with Gasteiger partial charge < -0.3 is 10.4 Å². The number of nitrogens with zero attached hydrogens (tertiary/aromatic N) is 1. The molecule has 1 saturated carbocycles. The summed E-state index contributed by atoms with van der Waals surface area (Å²) in [5.41, 5.74) is 1.45. The number of carboxylic acids is 1. The van der Waals surface area contributed by atoms with Crippen molar-refractivity contribution < 1.29 is 9.90 Å². The Morgan fingerprint density at radius 3 is 2.82 bits per heavy atom. The number of rotatable bonds is 5. The van der Waals surface area contributed by atoms with Crippen LogP contribution in [0.2, 0.25) is 0 Å². The molecule has 0 heterocycles. The van der Waals surface area contributed by atoms with Crippen LogP contribution in [0, 0.1) is 17.2 Å². The van der Waals surface area contributed by atoms with Crippen molar-refractivity contribution >= 4 is 5.97 Å². The molecular formula is C13H14N2O2. The predicted molar refractivity (Wildman–Crippen MR) is 62.1 cm³/mol. The monoisotopic (exact) mass is 230 g/mol. The number of nitriles is 1. The molecule has 1 atom stereocenters. The van der Waals surface area contributed by atoms with Crippen molar-refractivity contribution in [2.75, 3.05) is 0 Å². The molecule has 0 aromatic heterocycles. The average Bonchev–Trinajstić information content (AvgIpc) is 3.14. The first-order valence-corrected chi connectivity index (χ1v) is 5.66. The van der Waals surface area contributed by atoms with Gasteiger partial charge in [0, 0.05) is 6.54 Å². The summed E-state index contributed by atoms with van der Waals surface area (Å²) in [5, 5.41) is 21.0. The molecule has 4 heteroatoms. The Balaban J connectivity index is 2.01. The number of hydrogen-bond donors (Lipinski definition) is 2. The normalized spacial score (nSPS) is 16.2. The Hall–Kier alpha value is -1.86. The highest BCUT2D eigenvalue weighted by molar-refractivity contribution is 5.74. The van der Waals surface area contributed by atoms with Crippen molar-refractivity contribution in [2.24, 2.45) is 5.92 Å². The Morgan fingerprint density at radius 1 is 1.53 bits per heavy atom. The zero-order valence-corrected chi connectivity index (χ0v) is 9.39. The number of benzene rings is 1. The van der Waals surface area contributed by atoms with Crippen LogP contribution in [0.5, 0.6) is 0 Å². The van der Waals surface area contributed by atoms with E-state index in [1.165, 1.54) is 0 Å². The fourth-order valence-electron chi connectivity index (χ4n) is 1.89. The summed E-state index contributed by atoms with van der Waals surface area (Å²) >= 11 is 0. The van der Waals surface area contributed by atoms with Gasteiger partial charge in [-0.15, -0.1) is 0 Å². The van der Waals surface area contributed by atoms with Crippen LogP contribution in [0.4, 0.5) is 0 Å². The number of aliphatic carboxylic acids is 1. The summed E-state index contributed by atoms with van der Waals surface area (Å²) < 4.78 is 0. The van der Waals surface area contributed by atoms with E-state index in [0.717, 1.165) is 18.4 Å².